The van der Waals surface area contributed by atoms with Gasteiger partial charge in [0.15, 0.2) is 0 Å². The van der Waals surface area contributed by atoms with E-state index in [1.165, 1.54) is 24.2 Å². The molecule has 1 aromatic rings. The maximum Gasteiger partial charge on any atom is 0.319 e. The summed E-state index contributed by atoms with van der Waals surface area (Å²) in [5, 5.41) is 2.47. The van der Waals surface area contributed by atoms with Gasteiger partial charge in [-0.1, -0.05) is 19.3 Å². The van der Waals surface area contributed by atoms with Crippen molar-refractivity contribution in [1.29, 1.82) is 0 Å². The van der Waals surface area contributed by atoms with Gasteiger partial charge >= 0.3 is 11.8 Å². The highest BCUT2D eigenvalue weighted by molar-refractivity contribution is 6.45. The van der Waals surface area contributed by atoms with Crippen molar-refractivity contribution >= 4 is 29.4 Å². The average molecular weight is 398 g/mol. The van der Waals surface area contributed by atoms with Gasteiger partial charge in [-0.25, -0.2) is 4.99 Å². The predicted octanol–water partition coefficient (Wildman–Crippen LogP) is 2.10. The first kappa shape index (κ1) is 19.4. The topological polar surface area (TPSA) is 91.3 Å². The molecule has 8 heteroatoms. The molecule has 1 saturated heterocycles. The molecule has 1 N–H and O–H groups in total. The SMILES string of the molecule is CN(C(=O)CCCOc1ccc2c(c1)CN1C(=O)C(=O)NC1=N2)C1CCCCC1. The van der Waals surface area contributed by atoms with E-state index >= 15 is 0 Å². The first-order chi connectivity index (χ1) is 14.0. The number of benzene rings is 1. The van der Waals surface area contributed by atoms with Gasteiger partial charge < -0.3 is 9.64 Å². The number of guanidine groups is 1. The standard InChI is InChI=1S/C21H26N4O4/c1-24(15-6-3-2-4-7-15)18(26)8-5-11-29-16-9-10-17-14(12-16)13-25-20(28)19(27)23-21(25)22-17/h9-10,12,15H,2-8,11,13H2,1H3,(H,22,23,27). The Labute approximate surface area is 169 Å². The number of nitrogens with zero attached hydrogens (tertiary/aromatic N) is 3. The minimum Gasteiger partial charge on any atom is -0.494 e. The average Bonchev–Trinajstić information content (AvgIpc) is 3.02. The first-order valence-electron chi connectivity index (χ1n) is 10.3. The number of amides is 3. The van der Waals surface area contributed by atoms with Crippen LogP contribution >= 0.6 is 0 Å². The molecule has 2 fully saturated rings. The molecule has 2 aliphatic heterocycles. The van der Waals surface area contributed by atoms with E-state index in [1.807, 2.05) is 30.1 Å². The molecule has 1 aliphatic carbocycles. The number of hydrogen-bond donors (Lipinski definition) is 1. The van der Waals surface area contributed by atoms with Gasteiger partial charge in [0.2, 0.25) is 11.9 Å². The Morgan fingerprint density at radius 1 is 1.28 bits per heavy atom. The van der Waals surface area contributed by atoms with E-state index in [4.69, 9.17) is 4.74 Å². The second kappa shape index (κ2) is 8.23. The maximum atomic E-state index is 12.4. The normalized spacial score (nSPS) is 18.7. The molecule has 29 heavy (non-hydrogen) atoms. The smallest absolute Gasteiger partial charge is 0.319 e. The van der Waals surface area contributed by atoms with Gasteiger partial charge in [0.25, 0.3) is 0 Å². The van der Waals surface area contributed by atoms with Gasteiger partial charge in [0.1, 0.15) is 5.75 Å². The van der Waals surface area contributed by atoms with Gasteiger partial charge in [0, 0.05) is 25.1 Å². The summed E-state index contributed by atoms with van der Waals surface area (Å²) in [6.07, 6.45) is 7.04. The summed E-state index contributed by atoms with van der Waals surface area (Å²) in [6.45, 7) is 0.730. The Kier molecular flexibility index (Phi) is 5.51. The molecule has 1 aromatic carbocycles. The minimum atomic E-state index is -0.657. The van der Waals surface area contributed by atoms with E-state index in [9.17, 15) is 14.4 Å². The molecule has 8 nitrogen and oxygen atoms in total. The molecule has 3 amide bonds. The van der Waals surface area contributed by atoms with E-state index in [2.05, 4.69) is 10.3 Å². The molecule has 0 radical (unpaired) electrons. The second-order valence-electron chi connectivity index (χ2n) is 7.82. The van der Waals surface area contributed by atoms with Crippen molar-refractivity contribution in [2.75, 3.05) is 13.7 Å². The Balaban J connectivity index is 1.27. The zero-order valence-corrected chi connectivity index (χ0v) is 16.6. The summed E-state index contributed by atoms with van der Waals surface area (Å²) in [4.78, 5) is 43.3. The number of nitrogens with one attached hydrogen (secondary N) is 1. The number of aliphatic imine (C=N–C) groups is 1. The lowest BCUT2D eigenvalue weighted by atomic mass is 9.94. The molecule has 0 aromatic heterocycles. The largest absolute Gasteiger partial charge is 0.494 e. The van der Waals surface area contributed by atoms with Crippen molar-refractivity contribution in [3.05, 3.63) is 23.8 Å². The van der Waals surface area contributed by atoms with Crippen LogP contribution in [0.1, 0.15) is 50.5 Å². The number of carbonyl (C=O) groups is 3. The molecule has 154 valence electrons. The van der Waals surface area contributed by atoms with Crippen LogP contribution in [0, 0.1) is 0 Å². The van der Waals surface area contributed by atoms with Gasteiger partial charge in [-0.15, -0.1) is 0 Å². The van der Waals surface area contributed by atoms with Crippen molar-refractivity contribution in [1.82, 2.24) is 15.1 Å². The number of ether oxygens (including phenoxy) is 1. The second-order valence-corrected chi connectivity index (χ2v) is 7.82. The highest BCUT2D eigenvalue weighted by atomic mass is 16.5. The molecular formula is C21H26N4O4. The van der Waals surface area contributed by atoms with Crippen LogP contribution in [0.2, 0.25) is 0 Å². The Bertz CT molecular complexity index is 860. The molecule has 0 bridgehead atoms. The summed E-state index contributed by atoms with van der Waals surface area (Å²) in [7, 11) is 1.91. The lowest BCUT2D eigenvalue weighted by Crippen LogP contribution is -2.38. The van der Waals surface area contributed by atoms with Crippen molar-refractivity contribution in [3.8, 4) is 5.75 Å². The van der Waals surface area contributed by atoms with Crippen LogP contribution in [0.4, 0.5) is 5.69 Å². The quantitative estimate of drug-likeness (QED) is 0.587. The summed E-state index contributed by atoms with van der Waals surface area (Å²) in [5.41, 5.74) is 1.53. The van der Waals surface area contributed by atoms with Crippen LogP contribution < -0.4 is 10.1 Å². The molecular weight excluding hydrogens is 372 g/mol. The van der Waals surface area contributed by atoms with E-state index in [1.54, 1.807) is 0 Å². The van der Waals surface area contributed by atoms with E-state index < -0.39 is 11.8 Å². The molecule has 1 saturated carbocycles. The van der Waals surface area contributed by atoms with Crippen LogP contribution in [-0.4, -0.2) is 53.2 Å². The highest BCUT2D eigenvalue weighted by Gasteiger charge is 2.37. The van der Waals surface area contributed by atoms with E-state index in [0.29, 0.717) is 36.9 Å². The van der Waals surface area contributed by atoms with Crippen molar-refractivity contribution in [3.63, 3.8) is 0 Å². The first-order valence-corrected chi connectivity index (χ1v) is 10.3. The number of carbonyl (C=O) groups excluding carboxylic acids is 3. The molecule has 0 spiro atoms. The Morgan fingerprint density at radius 2 is 2.07 bits per heavy atom. The van der Waals surface area contributed by atoms with Crippen LogP contribution in [0.3, 0.4) is 0 Å². The zero-order valence-electron chi connectivity index (χ0n) is 16.6. The fourth-order valence-electron chi connectivity index (χ4n) is 4.11. The van der Waals surface area contributed by atoms with E-state index in [-0.39, 0.29) is 18.4 Å². The van der Waals surface area contributed by atoms with Crippen molar-refractivity contribution < 1.29 is 19.1 Å². The van der Waals surface area contributed by atoms with Gasteiger partial charge in [0.05, 0.1) is 18.8 Å². The monoisotopic (exact) mass is 398 g/mol. The molecule has 3 aliphatic rings. The Hall–Kier alpha value is -2.90. The lowest BCUT2D eigenvalue weighted by Gasteiger charge is -2.31. The maximum absolute atomic E-state index is 12.4. The third kappa shape index (κ3) is 4.11. The minimum absolute atomic E-state index is 0.178. The van der Waals surface area contributed by atoms with Gasteiger partial charge in [-0.2, -0.15) is 0 Å². The number of fused-ring (bicyclic) bond motifs is 2. The fourth-order valence-corrected chi connectivity index (χ4v) is 4.11. The summed E-state index contributed by atoms with van der Waals surface area (Å²) < 4.78 is 5.80. The zero-order chi connectivity index (χ0) is 20.4. The number of hydrogen-bond acceptors (Lipinski definition) is 5. The third-order valence-corrected chi connectivity index (χ3v) is 5.85. The van der Waals surface area contributed by atoms with E-state index in [0.717, 1.165) is 18.4 Å². The molecule has 4 rings (SSSR count). The van der Waals surface area contributed by atoms with Gasteiger partial charge in [-0.3, -0.25) is 24.6 Å². The predicted molar refractivity (Wildman–Crippen MR) is 107 cm³/mol. The summed E-state index contributed by atoms with van der Waals surface area (Å²) in [6, 6.07) is 5.85. The van der Waals surface area contributed by atoms with Crippen molar-refractivity contribution in [2.45, 2.75) is 57.5 Å². The highest BCUT2D eigenvalue weighted by Crippen LogP contribution is 2.30. The van der Waals surface area contributed by atoms with Crippen LogP contribution in [-0.2, 0) is 20.9 Å². The van der Waals surface area contributed by atoms with Crippen LogP contribution in [0.15, 0.2) is 23.2 Å². The number of rotatable bonds is 6. The lowest BCUT2D eigenvalue weighted by molar-refractivity contribution is -0.140. The van der Waals surface area contributed by atoms with Crippen molar-refractivity contribution in [2.24, 2.45) is 4.99 Å². The Morgan fingerprint density at radius 3 is 2.86 bits per heavy atom. The summed E-state index contributed by atoms with van der Waals surface area (Å²) >= 11 is 0. The van der Waals surface area contributed by atoms with Crippen LogP contribution in [0.25, 0.3) is 0 Å². The van der Waals surface area contributed by atoms with Gasteiger partial charge in [-0.05, 0) is 37.5 Å². The fraction of sp³-hybridized carbons (Fsp3) is 0.524. The summed E-state index contributed by atoms with van der Waals surface area (Å²) in [5.74, 6) is -0.127. The molecule has 0 atom stereocenters. The molecule has 0 unspecified atom stereocenters. The molecule has 2 heterocycles. The van der Waals surface area contributed by atoms with Crippen LogP contribution in [0.5, 0.6) is 5.75 Å². The third-order valence-electron chi connectivity index (χ3n) is 5.85.